The van der Waals surface area contributed by atoms with E-state index in [2.05, 4.69) is 23.0 Å². The predicted octanol–water partition coefficient (Wildman–Crippen LogP) is 6.46. The van der Waals surface area contributed by atoms with Gasteiger partial charge in [-0.2, -0.15) is 64.0 Å². The molecule has 0 unspecified atom stereocenters. The second-order valence-electron chi connectivity index (χ2n) is 8.84. The summed E-state index contributed by atoms with van der Waals surface area (Å²) in [6, 6.07) is 43.3. The number of rotatable bonds is 6. The monoisotopic (exact) mass is 695 g/mol. The number of aromatic nitrogens is 4. The van der Waals surface area contributed by atoms with Gasteiger partial charge in [0.1, 0.15) is 17.2 Å². The Bertz CT molecular complexity index is 1680. The molecule has 0 radical (unpaired) electrons. The van der Waals surface area contributed by atoms with Gasteiger partial charge in [0.15, 0.2) is 0 Å². The van der Waals surface area contributed by atoms with Crippen molar-refractivity contribution in [1.29, 1.82) is 5.26 Å². The van der Waals surface area contributed by atoms with Crippen LogP contribution < -0.4 is 0 Å². The SMILES string of the molecule is [C-]#[N+]c1cn(-c2[c-]cccc2)nc1C(c1ccccc1)(c1ccccc1)c1nn(-c2[c-]cccc2)cc1C#N.[Pt+2]. The molecular formula is C33H20N6Pt. The van der Waals surface area contributed by atoms with E-state index in [0.717, 1.165) is 11.1 Å². The summed E-state index contributed by atoms with van der Waals surface area (Å²) in [5.41, 5.74) is 3.58. The van der Waals surface area contributed by atoms with Crippen molar-refractivity contribution in [2.24, 2.45) is 0 Å². The molecule has 40 heavy (non-hydrogen) atoms. The molecule has 7 heteroatoms. The van der Waals surface area contributed by atoms with E-state index in [0.29, 0.717) is 34.0 Å². The standard InChI is InChI=1S/C33H20N6.Pt/c1-35-30-24-39(29-20-12-5-13-21-29)37-32(30)33(26-14-6-2-7-15-26,27-16-8-3-9-17-27)31-25(22-34)23-38(36-31)28-18-10-4-11-19-28;/h2-18,20,23-24H;/q-2;+2. The Morgan fingerprint density at radius 1 is 0.700 bits per heavy atom. The Balaban J connectivity index is 0.00000323. The van der Waals surface area contributed by atoms with Crippen LogP contribution in [0.3, 0.4) is 0 Å². The second kappa shape index (κ2) is 11.4. The van der Waals surface area contributed by atoms with E-state index in [1.165, 1.54) is 0 Å². The normalized spacial score (nSPS) is 10.8. The van der Waals surface area contributed by atoms with E-state index in [4.69, 9.17) is 16.8 Å². The van der Waals surface area contributed by atoms with Gasteiger partial charge in [0, 0.05) is 12.4 Å². The largest absolute Gasteiger partial charge is 2.00 e. The van der Waals surface area contributed by atoms with Crippen molar-refractivity contribution in [3.05, 3.63) is 173 Å². The molecule has 0 atom stereocenters. The number of hydrogen-bond acceptors (Lipinski definition) is 3. The maximum atomic E-state index is 10.4. The predicted molar refractivity (Wildman–Crippen MR) is 148 cm³/mol. The third kappa shape index (κ3) is 4.45. The molecule has 0 bridgehead atoms. The summed E-state index contributed by atoms with van der Waals surface area (Å²) >= 11 is 0. The summed E-state index contributed by atoms with van der Waals surface area (Å²) in [6.45, 7) is 8.13. The average molecular weight is 696 g/mol. The maximum Gasteiger partial charge on any atom is 2.00 e. The van der Waals surface area contributed by atoms with E-state index < -0.39 is 5.41 Å². The Hall–Kier alpha value is -5.03. The average Bonchev–Trinajstić information content (AvgIpc) is 3.65. The summed E-state index contributed by atoms with van der Waals surface area (Å²) in [5, 5.41) is 20.4. The van der Waals surface area contributed by atoms with Gasteiger partial charge in [-0.1, -0.05) is 60.7 Å². The molecule has 0 saturated carbocycles. The van der Waals surface area contributed by atoms with Gasteiger partial charge in [0.2, 0.25) is 5.69 Å². The Morgan fingerprint density at radius 3 is 1.68 bits per heavy atom. The molecule has 0 aliphatic heterocycles. The van der Waals surface area contributed by atoms with Gasteiger partial charge >= 0.3 is 21.1 Å². The molecule has 0 aliphatic carbocycles. The van der Waals surface area contributed by atoms with Gasteiger partial charge in [-0.3, -0.25) is 9.36 Å². The number of nitriles is 1. The van der Waals surface area contributed by atoms with Crippen LogP contribution in [0.25, 0.3) is 16.2 Å². The number of benzene rings is 4. The first-order chi connectivity index (χ1) is 19.3. The number of hydrogen-bond donors (Lipinski definition) is 0. The van der Waals surface area contributed by atoms with E-state index in [9.17, 15) is 5.26 Å². The molecule has 2 aromatic heterocycles. The first-order valence-corrected chi connectivity index (χ1v) is 12.3. The van der Waals surface area contributed by atoms with Crippen LogP contribution in [0.5, 0.6) is 0 Å². The Morgan fingerprint density at radius 2 is 1.20 bits per heavy atom. The van der Waals surface area contributed by atoms with Crippen molar-refractivity contribution in [2.45, 2.75) is 5.41 Å². The van der Waals surface area contributed by atoms with Crippen molar-refractivity contribution in [3.8, 4) is 17.4 Å². The van der Waals surface area contributed by atoms with Gasteiger partial charge in [0.05, 0.1) is 17.8 Å². The quantitative estimate of drug-likeness (QED) is 0.188. The van der Waals surface area contributed by atoms with Crippen molar-refractivity contribution in [2.75, 3.05) is 0 Å². The number of para-hydroxylation sites is 2. The van der Waals surface area contributed by atoms with Crippen molar-refractivity contribution < 1.29 is 21.1 Å². The zero-order valence-corrected chi connectivity index (χ0v) is 23.3. The fraction of sp³-hybridized carbons (Fsp3) is 0.0303. The summed E-state index contributed by atoms with van der Waals surface area (Å²) in [4.78, 5) is 3.91. The fourth-order valence-electron chi connectivity index (χ4n) is 4.95. The summed E-state index contributed by atoms with van der Waals surface area (Å²) < 4.78 is 3.32. The fourth-order valence-corrected chi connectivity index (χ4v) is 4.95. The third-order valence-corrected chi connectivity index (χ3v) is 6.65. The van der Waals surface area contributed by atoms with E-state index in [1.807, 2.05) is 103 Å². The summed E-state index contributed by atoms with van der Waals surface area (Å²) in [7, 11) is 0. The summed E-state index contributed by atoms with van der Waals surface area (Å²) in [5.74, 6) is 0. The summed E-state index contributed by atoms with van der Waals surface area (Å²) in [6.07, 6.45) is 3.42. The zero-order valence-electron chi connectivity index (χ0n) is 21.0. The van der Waals surface area contributed by atoms with Crippen molar-refractivity contribution in [1.82, 2.24) is 19.6 Å². The van der Waals surface area contributed by atoms with E-state index in [-0.39, 0.29) is 21.1 Å². The van der Waals surface area contributed by atoms with E-state index >= 15 is 0 Å². The van der Waals surface area contributed by atoms with Crippen molar-refractivity contribution in [3.63, 3.8) is 0 Å². The van der Waals surface area contributed by atoms with Gasteiger partial charge in [0.25, 0.3) is 0 Å². The third-order valence-electron chi connectivity index (χ3n) is 6.65. The first kappa shape index (κ1) is 26.6. The zero-order chi connectivity index (χ0) is 26.7. The molecule has 0 amide bonds. The maximum absolute atomic E-state index is 10.4. The molecular weight excluding hydrogens is 675 g/mol. The van der Waals surface area contributed by atoms with E-state index in [1.54, 1.807) is 27.8 Å². The minimum Gasteiger partial charge on any atom is -0.277 e. The smallest absolute Gasteiger partial charge is 0.277 e. The molecule has 192 valence electrons. The second-order valence-corrected chi connectivity index (χ2v) is 8.84. The first-order valence-electron chi connectivity index (χ1n) is 12.3. The minimum absolute atomic E-state index is 0. The molecule has 2 heterocycles. The molecule has 0 spiro atoms. The molecule has 6 rings (SSSR count). The Kier molecular flexibility index (Phi) is 7.56. The molecule has 4 aromatic carbocycles. The van der Waals surface area contributed by atoms with Crippen LogP contribution in [0.15, 0.2) is 122 Å². The van der Waals surface area contributed by atoms with Crippen LogP contribution in [0.4, 0.5) is 5.69 Å². The molecule has 0 N–H and O–H groups in total. The van der Waals surface area contributed by atoms with Crippen LogP contribution in [0.1, 0.15) is 28.1 Å². The molecule has 0 aliphatic rings. The molecule has 0 fully saturated rings. The van der Waals surface area contributed by atoms with Crippen LogP contribution in [-0.4, -0.2) is 19.6 Å². The van der Waals surface area contributed by atoms with Crippen molar-refractivity contribution >= 4 is 5.69 Å². The van der Waals surface area contributed by atoms with Crippen LogP contribution >= 0.6 is 0 Å². The number of nitrogens with zero attached hydrogens (tertiary/aromatic N) is 6. The van der Waals surface area contributed by atoms with Gasteiger partial charge < -0.3 is 0 Å². The molecule has 0 saturated heterocycles. The minimum atomic E-state index is -1.17. The Labute approximate surface area is 246 Å². The molecule has 6 nitrogen and oxygen atoms in total. The van der Waals surface area contributed by atoms with Gasteiger partial charge in [-0.05, 0) is 22.5 Å². The van der Waals surface area contributed by atoms with Crippen LogP contribution in [0, 0.1) is 30.0 Å². The van der Waals surface area contributed by atoms with Gasteiger partial charge in [-0.25, -0.2) is 4.85 Å². The van der Waals surface area contributed by atoms with Crippen LogP contribution in [-0.2, 0) is 26.5 Å². The topological polar surface area (TPSA) is 63.8 Å². The molecule has 6 aromatic rings. The van der Waals surface area contributed by atoms with Gasteiger partial charge in [-0.15, -0.1) is 12.1 Å². The van der Waals surface area contributed by atoms with Crippen LogP contribution in [0.2, 0.25) is 0 Å².